The lowest BCUT2D eigenvalue weighted by Gasteiger charge is -2.41. The molecule has 80 valence electrons. The zero-order valence-corrected chi connectivity index (χ0v) is 8.25. The quantitative estimate of drug-likeness (QED) is 0.418. The number of ketones is 4. The van der Waals surface area contributed by atoms with Gasteiger partial charge in [0.1, 0.15) is 0 Å². The van der Waals surface area contributed by atoms with Gasteiger partial charge in [0.25, 0.3) is 0 Å². The Kier molecular flexibility index (Phi) is 1.67. The normalized spacial score (nSPS) is 40.5. The summed E-state index contributed by atoms with van der Waals surface area (Å²) < 4.78 is 0. The fraction of sp³-hybridized carbons (Fsp3) is 0.333. The summed E-state index contributed by atoms with van der Waals surface area (Å²) >= 11 is 0. The maximum absolute atomic E-state index is 11.7. The molecule has 0 N–H and O–H groups in total. The fourth-order valence-corrected chi connectivity index (χ4v) is 2.81. The molecule has 16 heavy (non-hydrogen) atoms. The highest BCUT2D eigenvalue weighted by molar-refractivity contribution is 6.47. The molecule has 0 unspecified atom stereocenters. The second-order valence-corrected chi connectivity index (χ2v) is 4.36. The first-order chi connectivity index (χ1) is 7.61. The van der Waals surface area contributed by atoms with Crippen molar-refractivity contribution in [2.24, 2.45) is 23.7 Å². The molecule has 0 aromatic heterocycles. The molecule has 0 saturated heterocycles. The van der Waals surface area contributed by atoms with E-state index in [1.54, 1.807) is 18.2 Å². The van der Waals surface area contributed by atoms with Crippen LogP contribution in [0.15, 0.2) is 24.3 Å². The molecule has 4 nitrogen and oxygen atoms in total. The first-order valence-electron chi connectivity index (χ1n) is 5.14. The summed E-state index contributed by atoms with van der Waals surface area (Å²) in [7, 11) is 0. The largest absolute Gasteiger partial charge is 0.290 e. The van der Waals surface area contributed by atoms with E-state index in [9.17, 15) is 19.2 Å². The van der Waals surface area contributed by atoms with Crippen LogP contribution in [0.3, 0.4) is 0 Å². The highest BCUT2D eigenvalue weighted by Gasteiger charge is 2.54. The Labute approximate surface area is 91.0 Å². The predicted octanol–water partition coefficient (Wildman–Crippen LogP) is -0.119. The van der Waals surface area contributed by atoms with Gasteiger partial charge in [-0.25, -0.2) is 0 Å². The molecule has 0 heterocycles. The second kappa shape index (κ2) is 2.84. The molecule has 0 amide bonds. The van der Waals surface area contributed by atoms with Crippen LogP contribution in [0, 0.1) is 23.7 Å². The lowest BCUT2D eigenvalue weighted by atomic mass is 9.58. The smallest absolute Gasteiger partial charge is 0.221 e. The Morgan fingerprint density at radius 3 is 2.12 bits per heavy atom. The van der Waals surface area contributed by atoms with Crippen molar-refractivity contribution in [3.05, 3.63) is 24.3 Å². The maximum atomic E-state index is 11.7. The first kappa shape index (κ1) is 9.39. The molecule has 0 aromatic carbocycles. The molecular weight excluding hydrogens is 208 g/mol. The minimum absolute atomic E-state index is 0.301. The molecule has 0 aromatic rings. The molecule has 2 bridgehead atoms. The van der Waals surface area contributed by atoms with Gasteiger partial charge in [-0.3, -0.25) is 19.2 Å². The van der Waals surface area contributed by atoms with Gasteiger partial charge >= 0.3 is 0 Å². The van der Waals surface area contributed by atoms with Crippen LogP contribution in [-0.4, -0.2) is 23.1 Å². The predicted molar refractivity (Wildman–Crippen MR) is 52.3 cm³/mol. The number of allylic oxidation sites excluding steroid dienone is 4. The Hall–Kier alpha value is -1.84. The Balaban J connectivity index is 2.15. The zero-order chi connectivity index (χ0) is 11.4. The minimum atomic E-state index is -0.719. The number of carbonyl (C=O) groups is 4. The van der Waals surface area contributed by atoms with E-state index >= 15 is 0 Å². The van der Waals surface area contributed by atoms with Gasteiger partial charge in [-0.1, -0.05) is 18.2 Å². The zero-order valence-electron chi connectivity index (χ0n) is 8.25. The van der Waals surface area contributed by atoms with Crippen LogP contribution in [0.25, 0.3) is 0 Å². The average molecular weight is 216 g/mol. The fourth-order valence-electron chi connectivity index (χ4n) is 2.81. The molecule has 0 spiro atoms. The van der Waals surface area contributed by atoms with Crippen molar-refractivity contribution >= 4 is 23.1 Å². The van der Waals surface area contributed by atoms with Crippen LogP contribution >= 0.6 is 0 Å². The Morgan fingerprint density at radius 2 is 1.38 bits per heavy atom. The Bertz CT molecular complexity index is 497. The summed E-state index contributed by atoms with van der Waals surface area (Å²) in [6, 6.07) is 0. The van der Waals surface area contributed by atoms with Crippen molar-refractivity contribution in [2.45, 2.75) is 0 Å². The molecule has 4 aliphatic rings. The van der Waals surface area contributed by atoms with Gasteiger partial charge in [-0.2, -0.15) is 0 Å². The molecular formula is C12H8O4. The molecule has 4 rings (SSSR count). The first-order valence-corrected chi connectivity index (χ1v) is 5.14. The van der Waals surface area contributed by atoms with Crippen molar-refractivity contribution in [3.63, 3.8) is 0 Å². The van der Waals surface area contributed by atoms with Crippen LogP contribution in [0.4, 0.5) is 0 Å². The Morgan fingerprint density at radius 1 is 0.750 bits per heavy atom. The van der Waals surface area contributed by atoms with E-state index in [4.69, 9.17) is 0 Å². The summed E-state index contributed by atoms with van der Waals surface area (Å²) in [4.78, 5) is 46.2. The minimum Gasteiger partial charge on any atom is -0.290 e. The number of fused-ring (bicyclic) bond motifs is 1. The van der Waals surface area contributed by atoms with Crippen LogP contribution in [0.5, 0.6) is 0 Å². The molecule has 4 heteroatoms. The van der Waals surface area contributed by atoms with Crippen LogP contribution < -0.4 is 0 Å². The van der Waals surface area contributed by atoms with E-state index in [0.717, 1.165) is 0 Å². The summed E-state index contributed by atoms with van der Waals surface area (Å²) in [6.45, 7) is 0. The number of hydrogen-bond acceptors (Lipinski definition) is 4. The van der Waals surface area contributed by atoms with E-state index in [1.165, 1.54) is 6.08 Å². The van der Waals surface area contributed by atoms with Gasteiger partial charge in [0.2, 0.25) is 23.1 Å². The van der Waals surface area contributed by atoms with Gasteiger partial charge in [-0.15, -0.1) is 0 Å². The second-order valence-electron chi connectivity index (χ2n) is 4.36. The van der Waals surface area contributed by atoms with E-state index in [1.807, 2.05) is 0 Å². The summed E-state index contributed by atoms with van der Waals surface area (Å²) in [6.07, 6.45) is 6.10. The van der Waals surface area contributed by atoms with Gasteiger partial charge in [-0.05, 0) is 6.08 Å². The van der Waals surface area contributed by atoms with E-state index in [0.29, 0.717) is 0 Å². The summed E-state index contributed by atoms with van der Waals surface area (Å²) in [5.41, 5.74) is 0. The number of carbonyl (C=O) groups excluding carboxylic acids is 4. The molecule has 1 saturated carbocycles. The van der Waals surface area contributed by atoms with Gasteiger partial charge in [0.05, 0.1) is 11.8 Å². The molecule has 4 aliphatic carbocycles. The molecule has 0 radical (unpaired) electrons. The number of hydrogen-bond donors (Lipinski definition) is 0. The topological polar surface area (TPSA) is 68.3 Å². The van der Waals surface area contributed by atoms with Gasteiger partial charge in [0, 0.05) is 11.8 Å². The highest BCUT2D eigenvalue weighted by atomic mass is 16.2. The summed E-state index contributed by atoms with van der Waals surface area (Å²) in [5, 5.41) is 0. The van der Waals surface area contributed by atoms with Crippen LogP contribution in [-0.2, 0) is 19.2 Å². The summed E-state index contributed by atoms with van der Waals surface area (Å²) in [5.74, 6) is -4.26. The van der Waals surface area contributed by atoms with Gasteiger partial charge in [0.15, 0.2) is 0 Å². The third-order valence-electron chi connectivity index (χ3n) is 3.61. The molecule has 0 aliphatic heterocycles. The lowest BCUT2D eigenvalue weighted by molar-refractivity contribution is -0.151. The van der Waals surface area contributed by atoms with E-state index in [-0.39, 0.29) is 5.92 Å². The SMILES string of the molecule is O=C1C=C[C@H]2[C@@H](C1=O)[C@H]1C=C[C@H]2C(=O)C1=O. The molecule has 4 atom stereocenters. The number of Topliss-reactive ketones (excluding diaryl/α,β-unsaturated/α-hetero) is 3. The van der Waals surface area contributed by atoms with Gasteiger partial charge < -0.3 is 0 Å². The monoisotopic (exact) mass is 216 g/mol. The van der Waals surface area contributed by atoms with Crippen molar-refractivity contribution in [1.29, 1.82) is 0 Å². The van der Waals surface area contributed by atoms with Crippen molar-refractivity contribution < 1.29 is 19.2 Å². The maximum Gasteiger partial charge on any atom is 0.221 e. The van der Waals surface area contributed by atoms with E-state index in [2.05, 4.69) is 0 Å². The van der Waals surface area contributed by atoms with Crippen LogP contribution in [0.2, 0.25) is 0 Å². The highest BCUT2D eigenvalue weighted by Crippen LogP contribution is 2.43. The van der Waals surface area contributed by atoms with Crippen molar-refractivity contribution in [1.82, 2.24) is 0 Å². The van der Waals surface area contributed by atoms with Crippen molar-refractivity contribution in [2.75, 3.05) is 0 Å². The standard InChI is InChI=1S/C12H8O4/c13-8-4-3-5-6-1-2-7(9(5)12(8)16)11(15)10(6)14/h1-7,9H/t5-,6-,7-,9-/m1/s1. The van der Waals surface area contributed by atoms with Crippen molar-refractivity contribution in [3.8, 4) is 0 Å². The third-order valence-corrected chi connectivity index (χ3v) is 3.61. The van der Waals surface area contributed by atoms with Crippen LogP contribution in [0.1, 0.15) is 0 Å². The molecule has 1 fully saturated rings. The average Bonchev–Trinajstić information content (AvgIpc) is 2.29. The lowest BCUT2D eigenvalue weighted by Crippen LogP contribution is -2.53. The third kappa shape index (κ3) is 0.939. The van der Waals surface area contributed by atoms with E-state index < -0.39 is 40.9 Å². The number of rotatable bonds is 0.